The molecule has 12 nitrogen and oxygen atoms in total. The van der Waals surface area contributed by atoms with Crippen molar-refractivity contribution in [2.75, 3.05) is 42.8 Å². The summed E-state index contributed by atoms with van der Waals surface area (Å²) in [5, 5.41) is 0.215. The molecule has 0 aliphatic carbocycles. The summed E-state index contributed by atoms with van der Waals surface area (Å²) in [7, 11) is 0. The summed E-state index contributed by atoms with van der Waals surface area (Å²) in [5.41, 5.74) is -0.538. The third kappa shape index (κ3) is 3.32. The van der Waals surface area contributed by atoms with Crippen LogP contribution in [0.25, 0.3) is 16.7 Å². The quantitative estimate of drug-likeness (QED) is 0.469. The highest BCUT2D eigenvalue weighted by Crippen LogP contribution is 2.33. The Morgan fingerprint density at radius 3 is 2.39 bits per heavy atom. The molecule has 5 heterocycles. The largest absolute Gasteiger partial charge is 0.454 e. The second kappa shape index (κ2) is 7.58. The van der Waals surface area contributed by atoms with Gasteiger partial charge in [-0.1, -0.05) is 0 Å². The van der Waals surface area contributed by atoms with Gasteiger partial charge in [0.25, 0.3) is 5.56 Å². The van der Waals surface area contributed by atoms with Gasteiger partial charge in [0.1, 0.15) is 5.39 Å². The van der Waals surface area contributed by atoms with Crippen molar-refractivity contribution in [1.82, 2.24) is 29.5 Å². The molecule has 2 aliphatic rings. The highest BCUT2D eigenvalue weighted by Gasteiger charge is 2.22. The molecule has 33 heavy (non-hydrogen) atoms. The molecule has 4 aromatic rings. The predicted molar refractivity (Wildman–Crippen MR) is 118 cm³/mol. The Morgan fingerprint density at radius 1 is 0.879 bits per heavy atom. The molecule has 0 saturated carbocycles. The van der Waals surface area contributed by atoms with Gasteiger partial charge in [0.2, 0.25) is 18.7 Å². The van der Waals surface area contributed by atoms with Gasteiger partial charge in [-0.15, -0.1) is 0 Å². The second-order valence-electron chi connectivity index (χ2n) is 7.56. The summed E-state index contributed by atoms with van der Waals surface area (Å²) in [6.07, 6.45) is 4.88. The number of nitrogens with zero attached hydrogens (tertiary/aromatic N) is 7. The van der Waals surface area contributed by atoms with Crippen molar-refractivity contribution in [2.24, 2.45) is 0 Å². The van der Waals surface area contributed by atoms with Gasteiger partial charge in [-0.2, -0.15) is 4.98 Å². The Morgan fingerprint density at radius 2 is 1.61 bits per heavy atom. The molecule has 1 fully saturated rings. The van der Waals surface area contributed by atoms with Crippen molar-refractivity contribution in [3.05, 3.63) is 63.7 Å². The lowest BCUT2D eigenvalue weighted by atomic mass is 10.2. The van der Waals surface area contributed by atoms with Crippen LogP contribution in [-0.4, -0.2) is 62.5 Å². The lowest BCUT2D eigenvalue weighted by Crippen LogP contribution is -2.47. The average molecular weight is 446 g/mol. The lowest BCUT2D eigenvalue weighted by molar-refractivity contribution is 0.174. The average Bonchev–Trinajstić information content (AvgIpc) is 3.32. The van der Waals surface area contributed by atoms with Crippen LogP contribution in [0.1, 0.15) is 0 Å². The van der Waals surface area contributed by atoms with Gasteiger partial charge in [-0.3, -0.25) is 9.78 Å². The maximum Gasteiger partial charge on any atom is 0.334 e. The predicted octanol–water partition coefficient (Wildman–Crippen LogP) is 0.314. The van der Waals surface area contributed by atoms with E-state index in [9.17, 15) is 9.59 Å². The first-order chi connectivity index (χ1) is 16.2. The number of fused-ring (bicyclic) bond motifs is 2. The van der Waals surface area contributed by atoms with Gasteiger partial charge in [-0.05, 0) is 18.2 Å². The van der Waals surface area contributed by atoms with Gasteiger partial charge in [0, 0.05) is 50.8 Å². The standard InChI is InChI=1S/C21H18N8O4/c30-18-14-11-24-20(28-8-6-27(7-9-28)19-22-4-1-5-23-19)25-17(14)26-21(31)29(18)13-2-3-15-16(10-13)33-12-32-15/h1-5,10-11H,6-9,12H2,(H,24,25,26,31). The summed E-state index contributed by atoms with van der Waals surface area (Å²) in [5.74, 6) is 2.18. The van der Waals surface area contributed by atoms with Crippen LogP contribution in [0.3, 0.4) is 0 Å². The number of rotatable bonds is 3. The molecule has 0 bridgehead atoms. The zero-order valence-corrected chi connectivity index (χ0v) is 17.3. The second-order valence-corrected chi connectivity index (χ2v) is 7.56. The highest BCUT2D eigenvalue weighted by molar-refractivity contribution is 5.74. The molecule has 166 valence electrons. The highest BCUT2D eigenvalue weighted by atomic mass is 16.7. The fourth-order valence-corrected chi connectivity index (χ4v) is 3.97. The number of benzene rings is 1. The smallest absolute Gasteiger partial charge is 0.334 e. The SMILES string of the molecule is O=c1[nH]c2nc(N3CCN(c4ncccn4)CC3)ncc2c(=O)n1-c1ccc2c(c1)OCO2. The van der Waals surface area contributed by atoms with E-state index in [2.05, 4.69) is 29.8 Å². The van der Waals surface area contributed by atoms with Crippen molar-refractivity contribution in [3.8, 4) is 17.2 Å². The number of ether oxygens (including phenoxy) is 2. The van der Waals surface area contributed by atoms with Crippen LogP contribution in [0.5, 0.6) is 11.5 Å². The van der Waals surface area contributed by atoms with Crippen LogP contribution >= 0.6 is 0 Å². The Kier molecular flexibility index (Phi) is 4.42. The Hall–Kier alpha value is -4.48. The van der Waals surface area contributed by atoms with Crippen molar-refractivity contribution in [2.45, 2.75) is 0 Å². The first-order valence-electron chi connectivity index (χ1n) is 10.4. The van der Waals surface area contributed by atoms with Crippen LogP contribution in [0.15, 0.2) is 52.4 Å². The normalized spacial score (nSPS) is 15.3. The molecule has 1 N–H and O–H groups in total. The number of H-pyrrole nitrogens is 1. The molecule has 2 aliphatic heterocycles. The van der Waals surface area contributed by atoms with E-state index in [-0.39, 0.29) is 17.8 Å². The third-order valence-corrected chi connectivity index (χ3v) is 5.65. The fourth-order valence-electron chi connectivity index (χ4n) is 3.97. The van der Waals surface area contributed by atoms with E-state index in [4.69, 9.17) is 9.47 Å². The maximum absolute atomic E-state index is 13.1. The van der Waals surface area contributed by atoms with Crippen molar-refractivity contribution >= 4 is 22.9 Å². The molecule has 0 unspecified atom stereocenters. The van der Waals surface area contributed by atoms with Crippen LogP contribution in [0, 0.1) is 0 Å². The topological polar surface area (TPSA) is 131 Å². The summed E-state index contributed by atoms with van der Waals surface area (Å²) in [4.78, 5) is 50.1. The van der Waals surface area contributed by atoms with Crippen LogP contribution in [0.4, 0.5) is 11.9 Å². The Balaban J connectivity index is 1.30. The zero-order valence-electron chi connectivity index (χ0n) is 17.3. The van der Waals surface area contributed by atoms with Crippen molar-refractivity contribution in [3.63, 3.8) is 0 Å². The maximum atomic E-state index is 13.1. The molecule has 0 spiro atoms. The molecule has 1 aromatic carbocycles. The van der Waals surface area contributed by atoms with E-state index >= 15 is 0 Å². The minimum atomic E-state index is -0.595. The number of anilines is 2. The number of hydrogen-bond acceptors (Lipinski definition) is 10. The molecule has 12 heteroatoms. The molecule has 0 amide bonds. The number of aromatic nitrogens is 6. The van der Waals surface area contributed by atoms with E-state index in [0.717, 1.165) is 4.57 Å². The van der Waals surface area contributed by atoms with E-state index in [0.29, 0.717) is 55.3 Å². The molecule has 0 atom stereocenters. The first kappa shape index (κ1) is 19.2. The summed E-state index contributed by atoms with van der Waals surface area (Å²) < 4.78 is 11.7. The number of piperazine rings is 1. The monoisotopic (exact) mass is 446 g/mol. The first-order valence-corrected chi connectivity index (χ1v) is 10.4. The molecule has 0 radical (unpaired) electrons. The lowest BCUT2D eigenvalue weighted by Gasteiger charge is -2.34. The summed E-state index contributed by atoms with van der Waals surface area (Å²) >= 11 is 0. The Labute approximate surface area is 186 Å². The molecule has 1 saturated heterocycles. The van der Waals surface area contributed by atoms with Crippen molar-refractivity contribution < 1.29 is 9.47 Å². The van der Waals surface area contributed by atoms with E-state index in [1.165, 1.54) is 6.20 Å². The van der Waals surface area contributed by atoms with Gasteiger partial charge in [0.15, 0.2) is 17.1 Å². The van der Waals surface area contributed by atoms with E-state index in [1.54, 1.807) is 36.7 Å². The molecular formula is C21H18N8O4. The third-order valence-electron chi connectivity index (χ3n) is 5.65. The zero-order chi connectivity index (χ0) is 22.4. The summed E-state index contributed by atoms with van der Waals surface area (Å²) in [6, 6.07) is 6.66. The molecule has 6 rings (SSSR count). The van der Waals surface area contributed by atoms with Gasteiger partial charge >= 0.3 is 5.69 Å². The number of aromatic amines is 1. The van der Waals surface area contributed by atoms with Gasteiger partial charge < -0.3 is 19.3 Å². The number of nitrogens with one attached hydrogen (secondary N) is 1. The van der Waals surface area contributed by atoms with Crippen LogP contribution < -0.4 is 30.5 Å². The molecule has 3 aromatic heterocycles. The minimum Gasteiger partial charge on any atom is -0.454 e. The fraction of sp³-hybridized carbons (Fsp3) is 0.238. The van der Waals surface area contributed by atoms with Gasteiger partial charge in [-0.25, -0.2) is 24.3 Å². The van der Waals surface area contributed by atoms with Crippen molar-refractivity contribution in [1.29, 1.82) is 0 Å². The van der Waals surface area contributed by atoms with E-state index in [1.807, 2.05) is 4.90 Å². The van der Waals surface area contributed by atoms with E-state index < -0.39 is 11.2 Å². The van der Waals surface area contributed by atoms with Crippen LogP contribution in [-0.2, 0) is 0 Å². The summed E-state index contributed by atoms with van der Waals surface area (Å²) in [6.45, 7) is 2.82. The number of hydrogen-bond donors (Lipinski definition) is 1. The Bertz CT molecular complexity index is 1460. The molecular weight excluding hydrogens is 428 g/mol. The van der Waals surface area contributed by atoms with Gasteiger partial charge in [0.05, 0.1) is 5.69 Å². The van der Waals surface area contributed by atoms with Crippen LogP contribution in [0.2, 0.25) is 0 Å². The minimum absolute atomic E-state index is 0.102.